The fourth-order valence-corrected chi connectivity index (χ4v) is 21.1. The van der Waals surface area contributed by atoms with Crippen LogP contribution in [0.4, 0.5) is 28.4 Å². The van der Waals surface area contributed by atoms with Gasteiger partial charge in [0.05, 0.1) is 42.7 Å². The minimum absolute atomic E-state index is 0.00237. The summed E-state index contributed by atoms with van der Waals surface area (Å²) in [7, 11) is -4.49. The first kappa shape index (κ1) is 106. The maximum atomic E-state index is 14.4. The largest absolute Gasteiger partial charge is 0.456 e. The second kappa shape index (κ2) is 50.3. The van der Waals surface area contributed by atoms with Crippen molar-refractivity contribution in [1.29, 1.82) is 5.41 Å². The van der Waals surface area contributed by atoms with E-state index in [0.717, 1.165) is 120 Å². The third kappa shape index (κ3) is 28.1. The van der Waals surface area contributed by atoms with Gasteiger partial charge >= 0.3 is 0 Å². The number of ketones is 2. The number of hydrogen-bond acceptors (Lipinski definition) is 18. The van der Waals surface area contributed by atoms with Gasteiger partial charge in [0.25, 0.3) is 10.1 Å². The fraction of sp³-hybridized carbons (Fsp3) is 0.455. The van der Waals surface area contributed by atoms with Crippen molar-refractivity contribution in [2.24, 2.45) is 29.2 Å². The number of nitrogens with zero attached hydrogens (tertiary/aromatic N) is 4. The maximum Gasteiger partial charge on any atom is 0.294 e. The predicted molar refractivity (Wildman–Crippen MR) is 555 cm³/mol. The highest BCUT2D eigenvalue weighted by Crippen LogP contribution is 2.50. The molecule has 0 saturated heterocycles. The van der Waals surface area contributed by atoms with Gasteiger partial charge in [0.15, 0.2) is 24.0 Å². The van der Waals surface area contributed by atoms with Gasteiger partial charge in [0, 0.05) is 182 Å². The number of guanidine groups is 1. The molecule has 6 aromatic rings. The third-order valence-corrected chi connectivity index (χ3v) is 29.2. The number of benzene rings is 7. The summed E-state index contributed by atoms with van der Waals surface area (Å²) < 4.78 is 57.7. The molecule has 0 bridgehead atoms. The molecule has 1 fully saturated rings. The highest BCUT2D eigenvalue weighted by molar-refractivity contribution is 7.85. The van der Waals surface area contributed by atoms with Crippen LogP contribution in [0.2, 0.25) is 0 Å². The third-order valence-electron chi connectivity index (χ3n) is 28.0. The van der Waals surface area contributed by atoms with Gasteiger partial charge in [-0.1, -0.05) is 117 Å². The lowest BCUT2D eigenvalue weighted by Crippen LogP contribution is -2.49. The molecule has 0 unspecified atom stereocenters. The fourth-order valence-electron chi connectivity index (χ4n) is 20.3. The van der Waals surface area contributed by atoms with Gasteiger partial charge in [-0.2, -0.15) is 30.2 Å². The molecule has 0 radical (unpaired) electrons. The van der Waals surface area contributed by atoms with E-state index in [4.69, 9.17) is 30.8 Å². The van der Waals surface area contributed by atoms with E-state index in [0.29, 0.717) is 76.8 Å². The minimum atomic E-state index is -4.49. The first-order valence-electron chi connectivity index (χ1n) is 50.1. The van der Waals surface area contributed by atoms with Gasteiger partial charge in [-0.05, 0) is 207 Å². The van der Waals surface area contributed by atoms with Crippen LogP contribution in [-0.2, 0) is 92.8 Å². The Morgan fingerprint density at radius 2 is 1.36 bits per heavy atom. The monoisotopic (exact) mass is 1960 g/mol. The number of aryl methyl sites for hydroxylation is 1. The van der Waals surface area contributed by atoms with E-state index in [9.17, 15) is 56.1 Å². The number of carbonyl (C=O) groups excluding carboxylic acids is 9. The standard InChI is InChI=1S/C110H138N14O15S2/c1-7-121-94-49-38-73(2)64-88(94)109(3,4)98(121)35-12-8-13-36-99-110(5,6)89-69-84(141(134,135)136)46-50-95(89)124(99)58-24-10-14-37-100(127)114-54-23-21-32-90(107(133)116-57-61-137-62-63-138-71-102(129)119-91(72-140)104(111)130)120-106(132)79(29-25-56-117-108(112)113)66-83(126)70-118-101(128)51-45-82(125)30-11-9-22-55-115-105(131)77-41-39-74(40-42-77)65-78-28-15-18-31-85(78)103-86-47-43-80(122-59-52-75-26-16-19-33-92(75)122)67-96(86)139-97-68-81(44-48-87(97)103)123-60-53-76-27-17-20-34-93(76)123/h8,12-13,15-20,26-28,31,33-36,38,43-44,46-50,64,67-69,74,77,79,90-91H,7,9-11,14,21-25,29-30,32,37,39-42,45,51-63,65-66,70-72H2,1-6H3,(H12-2,111,112,113,114,115,116,117,118,119,120,127,128,129,130,131,132,133,134,135,136,140)/p+2/t74?,77?,79-,90+,91+/m1/s1. The first-order chi connectivity index (χ1) is 67.9. The van der Waals surface area contributed by atoms with Crippen LogP contribution in [0.5, 0.6) is 0 Å². The summed E-state index contributed by atoms with van der Waals surface area (Å²) in [5.74, 6) is -3.76. The number of thiol groups is 1. The number of fused-ring (bicyclic) bond motifs is 6. The van der Waals surface area contributed by atoms with Crippen molar-refractivity contribution in [2.75, 3.05) is 101 Å². The number of hydrogen-bond donors (Lipinski definition) is 12. The van der Waals surface area contributed by atoms with E-state index in [-0.39, 0.29) is 137 Å². The molecule has 141 heavy (non-hydrogen) atoms. The first-order valence-corrected chi connectivity index (χ1v) is 52.2. The van der Waals surface area contributed by atoms with Crippen LogP contribution in [0.3, 0.4) is 0 Å². The van der Waals surface area contributed by atoms with Crippen molar-refractivity contribution in [3.63, 3.8) is 0 Å². The van der Waals surface area contributed by atoms with Crippen molar-refractivity contribution in [2.45, 2.75) is 217 Å². The molecule has 6 aromatic carbocycles. The number of Topliss-reactive ketones (excluding diaryl/α,β-unsaturated/α-hetero) is 2. The number of unbranched alkanes of at least 4 members (excludes halogenated alkanes) is 5. The second-order valence-corrected chi connectivity index (χ2v) is 40.5. The maximum absolute atomic E-state index is 14.4. The molecular formula is C110H140N14O15S2+2. The van der Waals surface area contributed by atoms with Gasteiger partial charge in [-0.25, -0.2) is 0 Å². The normalized spacial score (nSPS) is 17.0. The summed E-state index contributed by atoms with van der Waals surface area (Å²) in [5.41, 5.74) is 29.2. The number of allylic oxidation sites excluding steroid dienone is 6. The van der Waals surface area contributed by atoms with Crippen LogP contribution >= 0.6 is 12.6 Å². The van der Waals surface area contributed by atoms with E-state index in [2.05, 4.69) is 230 Å². The van der Waals surface area contributed by atoms with Gasteiger partial charge in [-0.15, -0.1) is 0 Å². The molecule has 3 atom stereocenters. The average molecular weight is 1960 g/mol. The predicted octanol–water partition coefficient (Wildman–Crippen LogP) is 13.7. The zero-order valence-corrected chi connectivity index (χ0v) is 84.0. The molecule has 31 heteroatoms. The molecule has 13 N–H and O–H groups in total. The Kier molecular flexibility index (Phi) is 37.8. The van der Waals surface area contributed by atoms with Gasteiger partial charge in [-0.3, -0.25) is 53.1 Å². The number of primary amides is 1. The summed E-state index contributed by atoms with van der Waals surface area (Å²) in [6.45, 7) is 16.2. The molecule has 5 aliphatic heterocycles. The highest BCUT2D eigenvalue weighted by atomic mass is 32.2. The van der Waals surface area contributed by atoms with Crippen LogP contribution in [0, 0.1) is 30.1 Å². The van der Waals surface area contributed by atoms with Crippen molar-refractivity contribution >= 4 is 127 Å². The van der Waals surface area contributed by atoms with Crippen LogP contribution in [-0.4, -0.2) is 185 Å². The summed E-state index contributed by atoms with van der Waals surface area (Å²) in [5, 5.41) is 29.4. The van der Waals surface area contributed by atoms with E-state index in [1.807, 2.05) is 38.2 Å². The summed E-state index contributed by atoms with van der Waals surface area (Å²) in [6, 6.07) is 48.6. The number of nitrogens with two attached hydrogens (primary N) is 2. The SMILES string of the molecule is CC[N+]1=C(/C=C/C=C/C=C2/N(CCCCCC(=O)NCCCC[C@H](NC(=O)[C@H](CCCNC(=N)N)CC(=O)CNC(=O)CCC(=O)CCCCCNC(=O)C3CCC(Cc4ccccc4-c4c5ccc(=[N+]6CCc7ccccc76)cc-5oc5cc(N6CCc7ccccc76)ccc45)CC3)C(=O)NCCOCCOCC(=O)N[C@@H](CS)C(N)=O)c3ccc(S(=O)(=O)O)cc3C2(C)C)C(C)(C)c2cc(C)ccc21. The quantitative estimate of drug-likeness (QED) is 0.00246. The average Bonchev–Trinajstić information content (AvgIpc) is 1.63. The number of nitrogens with one attached hydrogen (secondary N) is 8. The van der Waals surface area contributed by atoms with Crippen molar-refractivity contribution in [1.82, 2.24) is 41.8 Å². The van der Waals surface area contributed by atoms with Crippen molar-refractivity contribution < 1.29 is 74.6 Å². The Labute approximate surface area is 833 Å². The van der Waals surface area contributed by atoms with Crippen LogP contribution in [0.25, 0.3) is 33.4 Å². The number of ether oxygens (including phenoxy) is 2. The lowest BCUT2D eigenvalue weighted by molar-refractivity contribution is -0.433. The zero-order chi connectivity index (χ0) is 100. The lowest BCUT2D eigenvalue weighted by Gasteiger charge is -2.29. The molecule has 0 spiro atoms. The van der Waals surface area contributed by atoms with E-state index in [1.54, 1.807) is 6.07 Å². The van der Waals surface area contributed by atoms with Crippen LogP contribution in [0.1, 0.15) is 196 Å². The summed E-state index contributed by atoms with van der Waals surface area (Å²) in [4.78, 5) is 124. The van der Waals surface area contributed by atoms with Gasteiger partial charge < -0.3 is 72.4 Å². The molecule has 750 valence electrons. The van der Waals surface area contributed by atoms with Crippen molar-refractivity contribution in [3.05, 3.63) is 220 Å². The zero-order valence-electron chi connectivity index (χ0n) is 82.3. The molecule has 13 rings (SSSR count). The Hall–Kier alpha value is -12.4. The molecule has 2 aliphatic carbocycles. The van der Waals surface area contributed by atoms with E-state index >= 15 is 0 Å². The highest BCUT2D eigenvalue weighted by Gasteiger charge is 2.45. The van der Waals surface area contributed by atoms with Gasteiger partial charge in [0.2, 0.25) is 58.1 Å². The lowest BCUT2D eigenvalue weighted by atomic mass is 9.77. The van der Waals surface area contributed by atoms with Crippen LogP contribution < -0.4 is 68.4 Å². The number of carbonyl (C=O) groups is 9. The molecule has 29 nitrogen and oxygen atoms in total. The topological polar surface area (TPSA) is 412 Å². The number of amides is 7. The van der Waals surface area contributed by atoms with Gasteiger partial charge in [0.1, 0.15) is 42.4 Å². The smallest absolute Gasteiger partial charge is 0.294 e. The Balaban J connectivity index is 0.542. The van der Waals surface area contributed by atoms with Crippen LogP contribution in [0.15, 0.2) is 191 Å². The van der Waals surface area contributed by atoms with Crippen molar-refractivity contribution in [3.8, 4) is 22.5 Å². The molecule has 7 aliphatic rings. The summed E-state index contributed by atoms with van der Waals surface area (Å²) in [6.07, 6.45) is 21.9. The van der Waals surface area contributed by atoms with E-state index < -0.39 is 75.4 Å². The second-order valence-electron chi connectivity index (χ2n) is 38.7. The molecule has 0 aromatic heterocycles. The number of anilines is 3. The number of para-hydroxylation sites is 2. The number of rotatable bonds is 52. The Morgan fingerprint density at radius 3 is 2.15 bits per heavy atom. The molecular weight excluding hydrogens is 1820 g/mol. The molecule has 1 saturated carbocycles. The minimum Gasteiger partial charge on any atom is -0.456 e. The Morgan fingerprint density at radius 1 is 0.624 bits per heavy atom. The molecule has 5 heterocycles. The summed E-state index contributed by atoms with van der Waals surface area (Å²) >= 11 is 4.03. The molecule has 7 amide bonds. The Bertz CT molecular complexity index is 6170. The van der Waals surface area contributed by atoms with E-state index in [1.165, 1.54) is 68.3 Å².